The Kier molecular flexibility index (Phi) is 2.84. The van der Waals surface area contributed by atoms with Gasteiger partial charge in [0.15, 0.2) is 17.5 Å². The molecule has 0 saturated carbocycles. The van der Waals surface area contributed by atoms with Crippen LogP contribution in [-0.2, 0) is 0 Å². The average molecular weight is 596 g/mol. The molecule has 0 amide bonds. The number of aromatic nitrogens is 3. The van der Waals surface area contributed by atoms with Crippen molar-refractivity contribution in [2.75, 3.05) is 0 Å². The highest BCUT2D eigenvalue weighted by atomic mass is 16.3. The Bertz CT molecular complexity index is 3630. The summed E-state index contributed by atoms with van der Waals surface area (Å²) in [6.45, 7) is 0. The zero-order valence-electron chi connectivity index (χ0n) is 42.6. The third-order valence-corrected chi connectivity index (χ3v) is 7.06. The van der Waals surface area contributed by atoms with Crippen molar-refractivity contribution >= 4 is 43.5 Å². The molecule has 2 heterocycles. The van der Waals surface area contributed by atoms with Crippen LogP contribution in [-0.4, -0.2) is 15.0 Å². The van der Waals surface area contributed by atoms with E-state index in [4.69, 9.17) is 23.6 Å². The molecule has 2 aromatic heterocycles. The summed E-state index contributed by atoms with van der Waals surface area (Å²) in [6.07, 6.45) is 0. The Labute approximate surface area is 287 Å². The van der Waals surface area contributed by atoms with Gasteiger partial charge in [0.05, 0.1) is 27.4 Å². The summed E-state index contributed by atoms with van der Waals surface area (Å²) in [5.74, 6) is -1.05. The van der Waals surface area contributed by atoms with Crippen LogP contribution in [0.25, 0.3) is 88.8 Å². The average Bonchev–Trinajstić information content (AvgIpc) is 3.70. The molecule has 4 nitrogen and oxygen atoms in total. The molecule has 9 rings (SSSR count). The molecular formula is C41H25N3O. The molecule has 0 spiro atoms. The van der Waals surface area contributed by atoms with E-state index in [1.807, 2.05) is 0 Å². The Balaban J connectivity index is 1.48. The lowest BCUT2D eigenvalue weighted by Crippen LogP contribution is -2.00. The number of hydrogen-bond acceptors (Lipinski definition) is 4. The fraction of sp³-hybridized carbons (Fsp3) is 0. The highest BCUT2D eigenvalue weighted by molar-refractivity contribution is 6.23. The molecule has 7 aromatic carbocycles. The molecule has 45 heavy (non-hydrogen) atoms. The second-order valence-electron chi connectivity index (χ2n) is 9.68. The monoisotopic (exact) mass is 595 g/mol. The number of furan rings is 1. The molecule has 0 aliphatic carbocycles. The summed E-state index contributed by atoms with van der Waals surface area (Å²) in [6, 6.07) is -6.71. The molecule has 210 valence electrons. The van der Waals surface area contributed by atoms with Gasteiger partial charge in [0, 0.05) is 27.5 Å². The lowest BCUT2D eigenvalue weighted by atomic mass is 9.92. The minimum atomic E-state index is -0.823. The van der Waals surface area contributed by atoms with E-state index in [1.165, 1.54) is 0 Å². The molecule has 9 aromatic rings. The summed E-state index contributed by atoms with van der Waals surface area (Å²) in [5, 5.41) is -2.60. The molecular weight excluding hydrogens is 550 g/mol. The van der Waals surface area contributed by atoms with E-state index in [2.05, 4.69) is 15.0 Å². The lowest BCUT2D eigenvalue weighted by Gasteiger charge is -2.11. The van der Waals surface area contributed by atoms with Gasteiger partial charge in [-0.1, -0.05) is 127 Å². The maximum absolute atomic E-state index is 9.68. The number of hydrogen-bond donors (Lipinski definition) is 0. The third-order valence-electron chi connectivity index (χ3n) is 7.06. The van der Waals surface area contributed by atoms with Crippen molar-refractivity contribution in [2.24, 2.45) is 0 Å². The van der Waals surface area contributed by atoms with Gasteiger partial charge in [0.1, 0.15) is 11.2 Å². The summed E-state index contributed by atoms with van der Waals surface area (Å²) >= 11 is 0. The van der Waals surface area contributed by atoms with Crippen molar-refractivity contribution in [2.45, 2.75) is 0 Å². The van der Waals surface area contributed by atoms with Gasteiger partial charge in [0.25, 0.3) is 0 Å². The van der Waals surface area contributed by atoms with Gasteiger partial charge < -0.3 is 4.42 Å². The molecule has 0 bridgehead atoms. The first-order chi connectivity index (χ1) is 30.6. The Morgan fingerprint density at radius 3 is 1.93 bits per heavy atom. The first-order valence-electron chi connectivity index (χ1n) is 23.4. The van der Waals surface area contributed by atoms with Crippen molar-refractivity contribution in [3.63, 3.8) is 0 Å². The topological polar surface area (TPSA) is 51.8 Å². The van der Waals surface area contributed by atoms with Crippen molar-refractivity contribution < 1.29 is 31.8 Å². The largest absolute Gasteiger partial charge is 0.456 e. The van der Waals surface area contributed by atoms with Crippen LogP contribution in [0.15, 0.2) is 156 Å². The predicted molar refractivity (Wildman–Crippen MR) is 184 cm³/mol. The lowest BCUT2D eigenvalue weighted by molar-refractivity contribution is 0.669. The molecule has 0 aliphatic heterocycles. The SMILES string of the molecule is [2H]c1c([2H])c([2H])c(-c2nc(-c3ccccc3)nc(-c3c([2H])c([2H])c4oc5c([2H])c(-c6c([2H])c([2H])c([2H])c7c([2H])c([2H])c([2H])c([2H])c67)c6c([2H])c([2H])c([2H])c([2H])c6c5c4c3[2H])n2)c([2H])c1[2H]. The van der Waals surface area contributed by atoms with Crippen LogP contribution in [0.2, 0.25) is 0 Å². The number of nitrogens with zero attached hydrogens (tertiary/aromatic N) is 3. The van der Waals surface area contributed by atoms with E-state index in [1.54, 1.807) is 30.3 Å². The summed E-state index contributed by atoms with van der Waals surface area (Å²) < 4.78 is 182. The first kappa shape index (κ1) is 12.5. The molecule has 4 heteroatoms. The minimum absolute atomic E-state index is 0.124. The molecule has 0 saturated heterocycles. The van der Waals surface area contributed by atoms with Crippen molar-refractivity contribution in [3.05, 3.63) is 151 Å². The van der Waals surface area contributed by atoms with Gasteiger partial charge in [-0.25, -0.2) is 15.0 Å². The van der Waals surface area contributed by atoms with E-state index in [0.29, 0.717) is 5.56 Å². The second-order valence-corrected chi connectivity index (χ2v) is 9.68. The molecule has 0 radical (unpaired) electrons. The quantitative estimate of drug-likeness (QED) is 0.203. The zero-order chi connectivity index (χ0) is 47.1. The summed E-state index contributed by atoms with van der Waals surface area (Å²) in [7, 11) is 0. The van der Waals surface area contributed by atoms with Gasteiger partial charge in [-0.2, -0.15) is 0 Å². The van der Waals surface area contributed by atoms with Gasteiger partial charge >= 0.3 is 0 Å². The molecule has 0 atom stereocenters. The normalized spacial score (nSPS) is 17.8. The van der Waals surface area contributed by atoms with Gasteiger partial charge in [-0.15, -0.1) is 0 Å². The van der Waals surface area contributed by atoms with Gasteiger partial charge in [-0.05, 0) is 56.8 Å². The van der Waals surface area contributed by atoms with Crippen LogP contribution in [0.3, 0.4) is 0 Å². The number of fused-ring (bicyclic) bond motifs is 6. The molecule has 0 unspecified atom stereocenters. The van der Waals surface area contributed by atoms with Crippen molar-refractivity contribution in [1.29, 1.82) is 0 Å². The van der Waals surface area contributed by atoms with Crippen LogP contribution in [0.4, 0.5) is 0 Å². The maximum atomic E-state index is 9.68. The molecule has 0 aliphatic rings. The summed E-state index contributed by atoms with van der Waals surface area (Å²) in [4.78, 5) is 13.4. The van der Waals surface area contributed by atoms with E-state index >= 15 is 0 Å². The minimum Gasteiger partial charge on any atom is -0.456 e. The van der Waals surface area contributed by atoms with E-state index in [0.717, 1.165) is 0 Å². The highest BCUT2D eigenvalue weighted by Crippen LogP contribution is 2.42. The van der Waals surface area contributed by atoms with Crippen LogP contribution in [0.5, 0.6) is 0 Å². The number of benzene rings is 7. The molecule has 0 fully saturated rings. The Morgan fingerprint density at radius 1 is 0.444 bits per heavy atom. The van der Waals surface area contributed by atoms with Gasteiger partial charge in [0.2, 0.25) is 0 Å². The van der Waals surface area contributed by atoms with Crippen molar-refractivity contribution in [1.82, 2.24) is 15.0 Å². The predicted octanol–water partition coefficient (Wildman–Crippen LogP) is 10.7. The van der Waals surface area contributed by atoms with Crippen LogP contribution in [0, 0.1) is 0 Å². The van der Waals surface area contributed by atoms with Gasteiger partial charge in [-0.3, -0.25) is 0 Å². The maximum Gasteiger partial charge on any atom is 0.164 e. The fourth-order valence-corrected chi connectivity index (χ4v) is 5.08. The zero-order valence-corrected chi connectivity index (χ0v) is 22.6. The van der Waals surface area contributed by atoms with Crippen LogP contribution < -0.4 is 0 Å². The second kappa shape index (κ2) is 10.2. The van der Waals surface area contributed by atoms with Crippen LogP contribution >= 0.6 is 0 Å². The smallest absolute Gasteiger partial charge is 0.164 e. The Morgan fingerprint density at radius 2 is 1.11 bits per heavy atom. The number of rotatable bonds is 4. The fourth-order valence-electron chi connectivity index (χ4n) is 5.08. The highest BCUT2D eigenvalue weighted by Gasteiger charge is 2.18. The third kappa shape index (κ3) is 4.27. The van der Waals surface area contributed by atoms with Crippen molar-refractivity contribution in [3.8, 4) is 45.3 Å². The molecule has 0 N–H and O–H groups in total. The first-order valence-corrected chi connectivity index (χ1v) is 13.4. The van der Waals surface area contributed by atoms with E-state index in [-0.39, 0.29) is 16.6 Å². The van der Waals surface area contributed by atoms with E-state index in [9.17, 15) is 8.22 Å². The Hall–Kier alpha value is -6.13. The summed E-state index contributed by atoms with van der Waals surface area (Å²) in [5.41, 5.74) is -2.72. The standard InChI is InChI=1S/C41H25N3O/c1-3-13-27(14-4-1)39-42-40(28-15-5-2-6-16-28)44-41(43-39)29-22-23-36-35(24-29)38-33-20-10-9-19-32(33)34(25-37(38)45-36)31-21-11-17-26-12-7-8-18-30(26)31/h1-25H/i1D,3D,4D,7D,8D,9D,10D,11D,12D,13D,14D,17D,18D,19D,20D,21D,22D,23D,24D,25D. The van der Waals surface area contributed by atoms with E-state index < -0.39 is 187 Å². The van der Waals surface area contributed by atoms with Crippen LogP contribution in [0.1, 0.15) is 27.4 Å².